The van der Waals surface area contributed by atoms with Gasteiger partial charge in [-0.15, -0.1) is 0 Å². The van der Waals surface area contributed by atoms with Crippen LogP contribution in [0.15, 0.2) is 102 Å². The number of anilines is 1. The van der Waals surface area contributed by atoms with Crippen LogP contribution in [0.4, 0.5) is 10.2 Å². The van der Waals surface area contributed by atoms with Crippen LogP contribution in [0.5, 0.6) is 5.75 Å². The molecule has 1 amide bonds. The topological polar surface area (TPSA) is 118 Å². The van der Waals surface area contributed by atoms with E-state index in [0.29, 0.717) is 5.75 Å². The van der Waals surface area contributed by atoms with E-state index in [-0.39, 0.29) is 24.2 Å². The van der Waals surface area contributed by atoms with Gasteiger partial charge >= 0.3 is 11.7 Å². The molecule has 1 aliphatic rings. The van der Waals surface area contributed by atoms with Gasteiger partial charge in [0.05, 0.1) is 19.6 Å². The molecule has 1 aliphatic heterocycles. The fraction of sp³-hybridized carbons (Fsp3) is 0.351. The van der Waals surface area contributed by atoms with E-state index in [0.717, 1.165) is 21.3 Å². The van der Waals surface area contributed by atoms with Crippen molar-refractivity contribution in [2.75, 3.05) is 19.0 Å². The molecule has 49 heavy (non-hydrogen) atoms. The highest BCUT2D eigenvalue weighted by Gasteiger charge is 2.61. The number of alkyl halides is 2. The molecule has 2 heterocycles. The average molecular weight is 692 g/mol. The van der Waals surface area contributed by atoms with Crippen molar-refractivity contribution in [2.24, 2.45) is 11.8 Å². The van der Waals surface area contributed by atoms with Crippen molar-refractivity contribution >= 4 is 29.3 Å². The van der Waals surface area contributed by atoms with Crippen molar-refractivity contribution < 1.29 is 32.9 Å². The number of methoxy groups -OCH3 is 1. The molecule has 4 aromatic rings. The van der Waals surface area contributed by atoms with E-state index in [1.165, 1.54) is 12.3 Å². The van der Waals surface area contributed by atoms with Gasteiger partial charge in [0.2, 0.25) is 5.91 Å². The molecule has 4 atom stereocenters. The molecule has 12 heteroatoms. The van der Waals surface area contributed by atoms with Gasteiger partial charge in [-0.25, -0.2) is 9.18 Å². The summed E-state index contributed by atoms with van der Waals surface area (Å²) in [5.74, 6) is -1.43. The van der Waals surface area contributed by atoms with Gasteiger partial charge in [0.1, 0.15) is 23.3 Å². The number of aromatic nitrogens is 2. The Hall–Kier alpha value is -4.58. The standard InChI is InChI=1S/C37H39ClFN3O7/c1-23(2)32(43)40-30-20-21-42(35(45)41-30)34-37(38,39)31(49-33(44)24(3)4)29(48-34)22-47-36(25-12-8-6-9-13-25,26-14-10-7-11-15-26)27-16-18-28(46-5)19-17-27/h6-21,23-24,29,31,34H,22H2,1-5H3,(H,40,41,43,45)/t29-,31+,34+,37+/m0/s1. The second-order valence-corrected chi connectivity index (χ2v) is 12.9. The molecule has 3 aromatic carbocycles. The lowest BCUT2D eigenvalue weighted by molar-refractivity contribution is -0.162. The van der Waals surface area contributed by atoms with E-state index in [1.807, 2.05) is 84.9 Å². The van der Waals surface area contributed by atoms with Gasteiger partial charge in [0.25, 0.3) is 5.13 Å². The first-order valence-electron chi connectivity index (χ1n) is 15.9. The molecule has 5 rings (SSSR count). The summed E-state index contributed by atoms with van der Waals surface area (Å²) in [4.78, 5) is 42.1. The highest BCUT2D eigenvalue weighted by Crippen LogP contribution is 2.48. The van der Waals surface area contributed by atoms with E-state index in [2.05, 4.69) is 10.3 Å². The number of carbonyl (C=O) groups is 2. The maximum atomic E-state index is 16.8. The summed E-state index contributed by atoms with van der Waals surface area (Å²) in [6.07, 6.45) is -3.53. The third-order valence-corrected chi connectivity index (χ3v) is 8.65. The smallest absolute Gasteiger partial charge is 0.351 e. The van der Waals surface area contributed by atoms with Crippen molar-refractivity contribution in [1.29, 1.82) is 0 Å². The number of amides is 1. The molecule has 10 nitrogen and oxygen atoms in total. The van der Waals surface area contributed by atoms with Gasteiger partial charge in [-0.3, -0.25) is 14.2 Å². The normalized spacial score (nSPS) is 20.7. The van der Waals surface area contributed by atoms with Crippen LogP contribution in [0, 0.1) is 11.8 Å². The summed E-state index contributed by atoms with van der Waals surface area (Å²) in [6, 6.07) is 27.7. The molecule has 0 spiro atoms. The molecule has 1 saturated heterocycles. The van der Waals surface area contributed by atoms with E-state index in [4.69, 9.17) is 30.5 Å². The Morgan fingerprint density at radius 2 is 1.51 bits per heavy atom. The second kappa shape index (κ2) is 14.9. The van der Waals surface area contributed by atoms with E-state index in [1.54, 1.807) is 34.8 Å². The van der Waals surface area contributed by atoms with E-state index >= 15 is 4.39 Å². The predicted molar refractivity (Wildman–Crippen MR) is 182 cm³/mol. The zero-order chi connectivity index (χ0) is 35.3. The molecule has 1 N–H and O–H groups in total. The number of ether oxygens (including phenoxy) is 4. The zero-order valence-corrected chi connectivity index (χ0v) is 28.6. The van der Waals surface area contributed by atoms with Gasteiger partial charge < -0.3 is 24.3 Å². The Morgan fingerprint density at radius 1 is 0.939 bits per heavy atom. The Bertz CT molecular complexity index is 1760. The van der Waals surface area contributed by atoms with Crippen LogP contribution >= 0.6 is 11.6 Å². The third kappa shape index (κ3) is 7.39. The highest BCUT2D eigenvalue weighted by atomic mass is 35.5. The Morgan fingerprint density at radius 3 is 2.02 bits per heavy atom. The van der Waals surface area contributed by atoms with E-state index in [9.17, 15) is 14.4 Å². The number of nitrogens with one attached hydrogen (secondary N) is 1. The van der Waals surface area contributed by atoms with Gasteiger partial charge in [0.15, 0.2) is 12.3 Å². The van der Waals surface area contributed by atoms with Crippen LogP contribution in [0.2, 0.25) is 0 Å². The lowest BCUT2D eigenvalue weighted by Crippen LogP contribution is -2.45. The van der Waals surface area contributed by atoms with Gasteiger partial charge in [0, 0.05) is 12.1 Å². The number of hydrogen-bond acceptors (Lipinski definition) is 8. The van der Waals surface area contributed by atoms with Crippen molar-refractivity contribution in [2.45, 2.75) is 56.9 Å². The lowest BCUT2D eigenvalue weighted by atomic mass is 9.80. The molecule has 0 radical (unpaired) electrons. The highest BCUT2D eigenvalue weighted by molar-refractivity contribution is 6.23. The number of benzene rings is 3. The van der Waals surface area contributed by atoms with Crippen molar-refractivity contribution in [3.05, 3.63) is 124 Å². The maximum Gasteiger partial charge on any atom is 0.351 e. The summed E-state index contributed by atoms with van der Waals surface area (Å²) in [6.45, 7) is 6.26. The molecule has 1 fully saturated rings. The third-order valence-electron chi connectivity index (χ3n) is 8.24. The SMILES string of the molecule is COc1ccc(C(OC[C@@H]2O[C@@H](n3ccc(NC(=O)C(C)C)nc3=O)[C@@](F)(Cl)[C@@H]2OC(=O)C(C)C)(c2ccccc2)c2ccccc2)cc1. The predicted octanol–water partition coefficient (Wildman–Crippen LogP) is 6.22. The fourth-order valence-corrected chi connectivity index (χ4v) is 5.91. The quantitative estimate of drug-likeness (QED) is 0.106. The Labute approximate surface area is 289 Å². The Kier molecular flexibility index (Phi) is 10.9. The largest absolute Gasteiger partial charge is 0.497 e. The molecule has 0 aliphatic carbocycles. The first-order valence-corrected chi connectivity index (χ1v) is 16.3. The zero-order valence-electron chi connectivity index (χ0n) is 27.8. The van der Waals surface area contributed by atoms with Gasteiger partial charge in [-0.05, 0) is 34.9 Å². The van der Waals surface area contributed by atoms with Crippen LogP contribution < -0.4 is 15.7 Å². The fourth-order valence-electron chi connectivity index (χ4n) is 5.57. The van der Waals surface area contributed by atoms with Crippen LogP contribution in [-0.2, 0) is 29.4 Å². The number of hydrogen-bond donors (Lipinski definition) is 1. The minimum absolute atomic E-state index is 0.0188. The minimum Gasteiger partial charge on any atom is -0.497 e. The molecule has 0 unspecified atom stereocenters. The molecular formula is C37H39ClFN3O7. The van der Waals surface area contributed by atoms with Crippen molar-refractivity contribution in [1.82, 2.24) is 9.55 Å². The molecule has 258 valence electrons. The number of esters is 1. The summed E-state index contributed by atoms with van der Waals surface area (Å²) < 4.78 is 41.7. The molecular weight excluding hydrogens is 653 g/mol. The van der Waals surface area contributed by atoms with Crippen LogP contribution in [0.1, 0.15) is 50.6 Å². The summed E-state index contributed by atoms with van der Waals surface area (Å²) in [5.41, 5.74) is 0.0450. The lowest BCUT2D eigenvalue weighted by Gasteiger charge is -2.37. The average Bonchev–Trinajstić information content (AvgIpc) is 3.34. The summed E-state index contributed by atoms with van der Waals surface area (Å²) in [5, 5.41) is -0.382. The first-order chi connectivity index (χ1) is 23.4. The molecule has 0 bridgehead atoms. The monoisotopic (exact) mass is 691 g/mol. The number of rotatable bonds is 12. The second-order valence-electron chi connectivity index (χ2n) is 12.3. The summed E-state index contributed by atoms with van der Waals surface area (Å²) in [7, 11) is 1.57. The number of nitrogens with zero attached hydrogens (tertiary/aromatic N) is 2. The molecule has 1 aromatic heterocycles. The van der Waals surface area contributed by atoms with Crippen molar-refractivity contribution in [3.8, 4) is 5.75 Å². The maximum absolute atomic E-state index is 16.8. The summed E-state index contributed by atoms with van der Waals surface area (Å²) >= 11 is 6.55. The van der Waals surface area contributed by atoms with Crippen molar-refractivity contribution in [3.63, 3.8) is 0 Å². The number of halogens is 2. The van der Waals surface area contributed by atoms with Gasteiger partial charge in [-0.2, -0.15) is 4.98 Å². The minimum atomic E-state index is -2.92. The number of carbonyl (C=O) groups excluding carboxylic acids is 2. The van der Waals surface area contributed by atoms with E-state index < -0.39 is 46.7 Å². The van der Waals surface area contributed by atoms with Crippen LogP contribution in [0.25, 0.3) is 0 Å². The van der Waals surface area contributed by atoms with Gasteiger partial charge in [-0.1, -0.05) is 112 Å². The Balaban J connectivity index is 1.57. The van der Waals surface area contributed by atoms with Crippen LogP contribution in [0.3, 0.4) is 0 Å². The van der Waals surface area contributed by atoms with Crippen LogP contribution in [-0.4, -0.2) is 52.5 Å². The first kappa shape index (κ1) is 35.7. The molecule has 0 saturated carbocycles.